The average molecular weight is 244 g/mol. The van der Waals surface area contributed by atoms with Crippen molar-refractivity contribution in [2.75, 3.05) is 11.6 Å². The van der Waals surface area contributed by atoms with Crippen LogP contribution in [0.2, 0.25) is 0 Å². The van der Waals surface area contributed by atoms with E-state index in [1.54, 1.807) is 29.0 Å². The molecule has 5 heteroatoms. The number of aromatic nitrogens is 3. The summed E-state index contributed by atoms with van der Waals surface area (Å²) in [6.07, 6.45) is 5.34. The molecule has 1 amide bonds. The van der Waals surface area contributed by atoms with Gasteiger partial charge in [-0.3, -0.25) is 9.78 Å². The monoisotopic (exact) mass is 244 g/mol. The number of imidazole rings is 1. The second kappa shape index (κ2) is 5.00. The minimum atomic E-state index is -0.00395. The molecular formula is C13H16N4O. The molecule has 0 bridgehead atoms. The van der Waals surface area contributed by atoms with Crippen LogP contribution in [0.15, 0.2) is 30.7 Å². The fourth-order valence-corrected chi connectivity index (χ4v) is 1.89. The lowest BCUT2D eigenvalue weighted by Crippen LogP contribution is -2.38. The molecule has 0 aliphatic rings. The summed E-state index contributed by atoms with van der Waals surface area (Å²) in [4.78, 5) is 20.1. The van der Waals surface area contributed by atoms with E-state index >= 15 is 0 Å². The highest BCUT2D eigenvalue weighted by atomic mass is 16.2. The molecule has 5 nitrogen and oxygen atoms in total. The maximum absolute atomic E-state index is 11.5. The molecule has 0 spiro atoms. The first kappa shape index (κ1) is 12.3. The molecule has 94 valence electrons. The number of carbonyl (C=O) groups excluding carboxylic acids is 1. The zero-order valence-corrected chi connectivity index (χ0v) is 10.8. The molecule has 0 fully saturated rings. The summed E-state index contributed by atoms with van der Waals surface area (Å²) in [7, 11) is 0. The molecule has 2 aromatic heterocycles. The summed E-state index contributed by atoms with van der Waals surface area (Å²) in [6, 6.07) is 3.81. The van der Waals surface area contributed by atoms with Gasteiger partial charge >= 0.3 is 0 Å². The summed E-state index contributed by atoms with van der Waals surface area (Å²) in [5.41, 5.74) is 1.76. The van der Waals surface area contributed by atoms with Gasteiger partial charge in [0.25, 0.3) is 0 Å². The summed E-state index contributed by atoms with van der Waals surface area (Å²) >= 11 is 0. The summed E-state index contributed by atoms with van der Waals surface area (Å²) in [5.74, 6) is 0.779. The van der Waals surface area contributed by atoms with Gasteiger partial charge in [-0.2, -0.15) is 0 Å². The Labute approximate surface area is 106 Å². The Bertz CT molecular complexity index is 547. The van der Waals surface area contributed by atoms with Gasteiger partial charge in [-0.25, -0.2) is 14.7 Å². The molecule has 0 atom stereocenters. The third-order valence-electron chi connectivity index (χ3n) is 2.74. The quantitative estimate of drug-likeness (QED) is 0.826. The Morgan fingerprint density at radius 3 is 2.83 bits per heavy atom. The number of hydrogen-bond donors (Lipinski definition) is 0. The smallest absolute Gasteiger partial charge is 0.238 e. The van der Waals surface area contributed by atoms with Crippen molar-refractivity contribution in [3.05, 3.63) is 36.5 Å². The van der Waals surface area contributed by atoms with E-state index in [-0.39, 0.29) is 5.91 Å². The predicted molar refractivity (Wildman–Crippen MR) is 69.6 cm³/mol. The van der Waals surface area contributed by atoms with Crippen LogP contribution < -0.4 is 5.01 Å². The first-order valence-corrected chi connectivity index (χ1v) is 5.88. The second-order valence-electron chi connectivity index (χ2n) is 3.99. The van der Waals surface area contributed by atoms with Crippen molar-refractivity contribution in [2.45, 2.75) is 20.8 Å². The number of aryl methyl sites for hydroxylation is 1. The Hall–Kier alpha value is -2.17. The molecular weight excluding hydrogens is 228 g/mol. The van der Waals surface area contributed by atoms with E-state index in [1.807, 2.05) is 32.2 Å². The fourth-order valence-electron chi connectivity index (χ4n) is 1.89. The van der Waals surface area contributed by atoms with Crippen LogP contribution in [-0.2, 0) is 4.79 Å². The Balaban J connectivity index is 2.41. The highest BCUT2D eigenvalue weighted by molar-refractivity contribution is 5.83. The van der Waals surface area contributed by atoms with Gasteiger partial charge in [0.2, 0.25) is 5.91 Å². The van der Waals surface area contributed by atoms with E-state index < -0.39 is 0 Å². The highest BCUT2D eigenvalue weighted by Crippen LogP contribution is 2.17. The Morgan fingerprint density at radius 2 is 2.28 bits per heavy atom. The van der Waals surface area contributed by atoms with Crippen LogP contribution in [0.25, 0.3) is 11.3 Å². The molecule has 0 saturated carbocycles. The third kappa shape index (κ3) is 2.25. The van der Waals surface area contributed by atoms with Gasteiger partial charge in [-0.05, 0) is 26.0 Å². The standard InChI is InChI=1S/C13H16N4O/c1-4-16(11(3)18)17-9-13(15-10(17)2)12-6-5-7-14-8-12/h5-9H,4H2,1-3H3. The van der Waals surface area contributed by atoms with Gasteiger partial charge in [0.1, 0.15) is 5.82 Å². The van der Waals surface area contributed by atoms with Crippen LogP contribution in [-0.4, -0.2) is 27.1 Å². The number of nitrogens with zero attached hydrogens (tertiary/aromatic N) is 4. The average Bonchev–Trinajstić information content (AvgIpc) is 2.73. The van der Waals surface area contributed by atoms with E-state index in [4.69, 9.17) is 0 Å². The lowest BCUT2D eigenvalue weighted by atomic mass is 10.2. The fraction of sp³-hybridized carbons (Fsp3) is 0.308. The van der Waals surface area contributed by atoms with E-state index in [2.05, 4.69) is 9.97 Å². The molecule has 0 aromatic carbocycles. The molecule has 2 heterocycles. The normalized spacial score (nSPS) is 10.4. The lowest BCUT2D eigenvalue weighted by Gasteiger charge is -2.20. The number of rotatable bonds is 3. The molecule has 0 aliphatic carbocycles. The van der Waals surface area contributed by atoms with Crippen molar-refractivity contribution < 1.29 is 4.79 Å². The van der Waals surface area contributed by atoms with E-state index in [1.165, 1.54) is 0 Å². The summed E-state index contributed by atoms with van der Waals surface area (Å²) in [6.45, 7) is 5.97. The topological polar surface area (TPSA) is 51.0 Å². The first-order chi connectivity index (χ1) is 8.63. The van der Waals surface area contributed by atoms with Crippen LogP contribution >= 0.6 is 0 Å². The largest absolute Gasteiger partial charge is 0.273 e. The lowest BCUT2D eigenvalue weighted by molar-refractivity contribution is -0.118. The molecule has 0 aliphatic heterocycles. The van der Waals surface area contributed by atoms with Gasteiger partial charge < -0.3 is 0 Å². The zero-order valence-electron chi connectivity index (χ0n) is 10.8. The van der Waals surface area contributed by atoms with Gasteiger partial charge in [-0.1, -0.05) is 0 Å². The van der Waals surface area contributed by atoms with Crippen LogP contribution in [0.3, 0.4) is 0 Å². The number of carbonyl (C=O) groups is 1. The Morgan fingerprint density at radius 1 is 1.50 bits per heavy atom. The van der Waals surface area contributed by atoms with Crippen molar-refractivity contribution in [3.63, 3.8) is 0 Å². The van der Waals surface area contributed by atoms with Crippen molar-refractivity contribution in [2.24, 2.45) is 0 Å². The highest BCUT2D eigenvalue weighted by Gasteiger charge is 2.13. The number of amides is 1. The van der Waals surface area contributed by atoms with E-state index in [0.29, 0.717) is 6.54 Å². The molecule has 18 heavy (non-hydrogen) atoms. The maximum Gasteiger partial charge on any atom is 0.238 e. The second-order valence-corrected chi connectivity index (χ2v) is 3.99. The van der Waals surface area contributed by atoms with Crippen LogP contribution in [0.5, 0.6) is 0 Å². The third-order valence-corrected chi connectivity index (χ3v) is 2.74. The van der Waals surface area contributed by atoms with Crippen LogP contribution in [0, 0.1) is 6.92 Å². The molecule has 2 rings (SSSR count). The number of pyridine rings is 1. The van der Waals surface area contributed by atoms with Gasteiger partial charge in [0.15, 0.2) is 0 Å². The SMILES string of the molecule is CCN(C(C)=O)n1cc(-c2cccnc2)nc1C. The molecule has 0 N–H and O–H groups in total. The van der Waals surface area contributed by atoms with Gasteiger partial charge in [0.05, 0.1) is 11.9 Å². The first-order valence-electron chi connectivity index (χ1n) is 5.88. The van der Waals surface area contributed by atoms with E-state index in [9.17, 15) is 4.79 Å². The molecule has 2 aromatic rings. The summed E-state index contributed by atoms with van der Waals surface area (Å²) < 4.78 is 1.78. The molecule has 0 radical (unpaired) electrons. The minimum absolute atomic E-state index is 0.00395. The van der Waals surface area contributed by atoms with Crippen LogP contribution in [0.4, 0.5) is 0 Å². The van der Waals surface area contributed by atoms with Crippen molar-refractivity contribution in [1.82, 2.24) is 14.6 Å². The van der Waals surface area contributed by atoms with Crippen molar-refractivity contribution >= 4 is 5.91 Å². The van der Waals surface area contributed by atoms with Crippen LogP contribution in [0.1, 0.15) is 19.7 Å². The summed E-state index contributed by atoms with van der Waals surface area (Å²) in [5, 5.41) is 1.64. The van der Waals surface area contributed by atoms with Gasteiger partial charge in [-0.15, -0.1) is 0 Å². The maximum atomic E-state index is 11.5. The molecule has 0 saturated heterocycles. The molecule has 0 unspecified atom stereocenters. The minimum Gasteiger partial charge on any atom is -0.273 e. The van der Waals surface area contributed by atoms with Crippen molar-refractivity contribution in [1.29, 1.82) is 0 Å². The predicted octanol–water partition coefficient (Wildman–Crippen LogP) is 1.76. The van der Waals surface area contributed by atoms with Crippen molar-refractivity contribution in [3.8, 4) is 11.3 Å². The zero-order chi connectivity index (χ0) is 13.1. The Kier molecular flexibility index (Phi) is 3.41. The van der Waals surface area contributed by atoms with Gasteiger partial charge in [0, 0.05) is 31.4 Å². The van der Waals surface area contributed by atoms with E-state index in [0.717, 1.165) is 17.1 Å². The number of hydrogen-bond acceptors (Lipinski definition) is 3.